The van der Waals surface area contributed by atoms with E-state index in [9.17, 15) is 14.4 Å². The molecule has 6 heteroatoms. The molecule has 0 fully saturated rings. The summed E-state index contributed by atoms with van der Waals surface area (Å²) >= 11 is 0. The average Bonchev–Trinajstić information content (AvgIpc) is 3.24. The summed E-state index contributed by atoms with van der Waals surface area (Å²) in [5, 5.41) is 0. The van der Waals surface area contributed by atoms with Crippen molar-refractivity contribution in [3.63, 3.8) is 0 Å². The summed E-state index contributed by atoms with van der Waals surface area (Å²) in [5.41, 5.74) is 0. The third-order valence-electron chi connectivity index (χ3n) is 12.7. The molecule has 0 aliphatic heterocycles. The van der Waals surface area contributed by atoms with Gasteiger partial charge in [-0.1, -0.05) is 272 Å². The molecule has 0 radical (unpaired) electrons. The second-order valence-electron chi connectivity index (χ2n) is 20.2. The predicted octanol–water partition coefficient (Wildman–Crippen LogP) is 18.1. The summed E-state index contributed by atoms with van der Waals surface area (Å²) in [6.45, 7) is 11.4. The van der Waals surface area contributed by atoms with E-state index in [1.165, 1.54) is 199 Å². The smallest absolute Gasteiger partial charge is 0.306 e. The van der Waals surface area contributed by atoms with Crippen molar-refractivity contribution in [2.75, 3.05) is 13.2 Å². The van der Waals surface area contributed by atoms with E-state index in [4.69, 9.17) is 14.2 Å². The van der Waals surface area contributed by atoms with E-state index in [0.29, 0.717) is 19.3 Å². The highest BCUT2D eigenvalue weighted by atomic mass is 16.6. The highest BCUT2D eigenvalue weighted by Gasteiger charge is 2.19. The molecule has 0 unspecified atom stereocenters. The van der Waals surface area contributed by atoms with Gasteiger partial charge in [-0.3, -0.25) is 14.4 Å². The lowest BCUT2D eigenvalue weighted by Gasteiger charge is -2.18. The fourth-order valence-corrected chi connectivity index (χ4v) is 8.52. The van der Waals surface area contributed by atoms with Crippen LogP contribution in [0.15, 0.2) is 0 Å². The van der Waals surface area contributed by atoms with Crippen LogP contribution in [0.4, 0.5) is 0 Å². The molecule has 0 aromatic rings. The lowest BCUT2D eigenvalue weighted by Crippen LogP contribution is -2.30. The van der Waals surface area contributed by atoms with Crippen LogP contribution in [-0.2, 0) is 28.6 Å². The van der Waals surface area contributed by atoms with E-state index in [-0.39, 0.29) is 31.1 Å². The first-order chi connectivity index (χ1) is 30.2. The third-order valence-corrected chi connectivity index (χ3v) is 12.7. The van der Waals surface area contributed by atoms with Crippen LogP contribution < -0.4 is 0 Å². The summed E-state index contributed by atoms with van der Waals surface area (Å²) in [7, 11) is 0. The molecule has 0 spiro atoms. The van der Waals surface area contributed by atoms with Crippen molar-refractivity contribution in [3.8, 4) is 0 Å². The molecule has 0 bridgehead atoms. The van der Waals surface area contributed by atoms with Gasteiger partial charge in [0.25, 0.3) is 0 Å². The summed E-state index contributed by atoms with van der Waals surface area (Å²) in [6, 6.07) is 0. The van der Waals surface area contributed by atoms with Gasteiger partial charge < -0.3 is 14.2 Å². The van der Waals surface area contributed by atoms with Crippen LogP contribution in [0.3, 0.4) is 0 Å². The van der Waals surface area contributed by atoms with Gasteiger partial charge in [0, 0.05) is 19.3 Å². The number of hydrogen-bond acceptors (Lipinski definition) is 6. The monoisotopic (exact) mass is 877 g/mol. The van der Waals surface area contributed by atoms with Gasteiger partial charge in [0.2, 0.25) is 0 Å². The van der Waals surface area contributed by atoms with Crippen molar-refractivity contribution in [2.45, 2.75) is 317 Å². The quantitative estimate of drug-likeness (QED) is 0.0344. The molecule has 1 atom stereocenters. The van der Waals surface area contributed by atoms with Crippen LogP contribution in [0.1, 0.15) is 311 Å². The van der Waals surface area contributed by atoms with E-state index < -0.39 is 6.10 Å². The molecule has 0 saturated heterocycles. The molecular weight excluding hydrogens is 769 g/mol. The van der Waals surface area contributed by atoms with Crippen LogP contribution in [0, 0.1) is 11.8 Å². The average molecular weight is 877 g/mol. The number of carbonyl (C=O) groups is 3. The maximum Gasteiger partial charge on any atom is 0.306 e. The zero-order valence-corrected chi connectivity index (χ0v) is 42.5. The first-order valence-electron chi connectivity index (χ1n) is 27.7. The van der Waals surface area contributed by atoms with Gasteiger partial charge in [0.15, 0.2) is 6.10 Å². The van der Waals surface area contributed by atoms with Gasteiger partial charge >= 0.3 is 17.9 Å². The largest absolute Gasteiger partial charge is 0.462 e. The number of esters is 3. The first-order valence-corrected chi connectivity index (χ1v) is 27.7. The molecule has 0 aliphatic rings. The molecule has 0 aliphatic carbocycles. The van der Waals surface area contributed by atoms with Crippen molar-refractivity contribution in [1.82, 2.24) is 0 Å². The lowest BCUT2D eigenvalue weighted by molar-refractivity contribution is -0.167. The lowest BCUT2D eigenvalue weighted by atomic mass is 10.0. The summed E-state index contributed by atoms with van der Waals surface area (Å²) in [5.74, 6) is 0.826. The molecule has 0 amide bonds. The Morgan fingerprint density at radius 1 is 0.306 bits per heavy atom. The maximum atomic E-state index is 12.8. The van der Waals surface area contributed by atoms with E-state index in [2.05, 4.69) is 34.6 Å². The third kappa shape index (κ3) is 49.4. The minimum absolute atomic E-state index is 0.0631. The van der Waals surface area contributed by atoms with Gasteiger partial charge in [-0.05, 0) is 31.1 Å². The fourth-order valence-electron chi connectivity index (χ4n) is 8.52. The van der Waals surface area contributed by atoms with Crippen LogP contribution in [0.25, 0.3) is 0 Å². The van der Waals surface area contributed by atoms with Gasteiger partial charge in [-0.2, -0.15) is 0 Å². The van der Waals surface area contributed by atoms with Crippen molar-refractivity contribution >= 4 is 17.9 Å². The number of rotatable bonds is 50. The zero-order valence-electron chi connectivity index (χ0n) is 42.5. The van der Waals surface area contributed by atoms with Gasteiger partial charge in [-0.25, -0.2) is 0 Å². The van der Waals surface area contributed by atoms with E-state index in [0.717, 1.165) is 69.6 Å². The Labute approximate surface area is 387 Å². The number of hydrogen-bond donors (Lipinski definition) is 0. The van der Waals surface area contributed by atoms with Gasteiger partial charge in [-0.15, -0.1) is 0 Å². The molecular formula is C56H108O6. The standard InChI is InChI=1S/C56H108O6/c1-6-7-8-9-10-11-12-20-26-31-36-41-46-54(57)60-49-53(62-56(59)48-43-38-33-28-23-22-25-30-35-40-45-52(4)5)50-61-55(58)47-42-37-32-27-21-18-16-14-13-15-17-19-24-29-34-39-44-51(2)3/h51-53H,6-50H2,1-5H3/t53-/m0/s1. The molecule has 6 nitrogen and oxygen atoms in total. The molecule has 62 heavy (non-hydrogen) atoms. The summed E-state index contributed by atoms with van der Waals surface area (Å²) in [4.78, 5) is 38.0. The van der Waals surface area contributed by atoms with Crippen LogP contribution in [0.5, 0.6) is 0 Å². The molecule has 368 valence electrons. The molecule has 0 N–H and O–H groups in total. The molecule has 0 aromatic carbocycles. The Morgan fingerprint density at radius 3 is 0.790 bits per heavy atom. The zero-order chi connectivity index (χ0) is 45.4. The van der Waals surface area contributed by atoms with Crippen molar-refractivity contribution < 1.29 is 28.6 Å². The van der Waals surface area contributed by atoms with Gasteiger partial charge in [0.1, 0.15) is 13.2 Å². The van der Waals surface area contributed by atoms with Crippen LogP contribution in [-0.4, -0.2) is 37.2 Å². The van der Waals surface area contributed by atoms with Crippen molar-refractivity contribution in [2.24, 2.45) is 11.8 Å². The second kappa shape index (κ2) is 48.9. The van der Waals surface area contributed by atoms with Gasteiger partial charge in [0.05, 0.1) is 0 Å². The molecule has 0 saturated carbocycles. The topological polar surface area (TPSA) is 78.9 Å². The molecule has 0 rings (SSSR count). The predicted molar refractivity (Wildman–Crippen MR) is 266 cm³/mol. The van der Waals surface area contributed by atoms with Crippen LogP contribution in [0.2, 0.25) is 0 Å². The molecule has 0 aromatic heterocycles. The minimum Gasteiger partial charge on any atom is -0.462 e. The summed E-state index contributed by atoms with van der Waals surface area (Å²) in [6.07, 6.45) is 50.9. The van der Waals surface area contributed by atoms with Crippen LogP contribution >= 0.6 is 0 Å². The fraction of sp³-hybridized carbons (Fsp3) is 0.946. The minimum atomic E-state index is -0.762. The SMILES string of the molecule is CCCCCCCCCCCCCCC(=O)OC[C@@H](COC(=O)CCCCCCCCCCCCCCCCCCC(C)C)OC(=O)CCCCCCCCCCCCC(C)C. The second-order valence-corrected chi connectivity index (χ2v) is 20.2. The highest BCUT2D eigenvalue weighted by molar-refractivity contribution is 5.71. The Morgan fingerprint density at radius 2 is 0.532 bits per heavy atom. The number of unbranched alkanes of at least 4 members (excludes halogenated alkanes) is 35. The Bertz CT molecular complexity index is 947. The Kier molecular flexibility index (Phi) is 47.6. The highest BCUT2D eigenvalue weighted by Crippen LogP contribution is 2.18. The Balaban J connectivity index is 4.26. The maximum absolute atomic E-state index is 12.8. The molecule has 0 heterocycles. The number of carbonyl (C=O) groups excluding carboxylic acids is 3. The Hall–Kier alpha value is -1.59. The first kappa shape index (κ1) is 60.4. The van der Waals surface area contributed by atoms with E-state index in [1.807, 2.05) is 0 Å². The number of ether oxygens (including phenoxy) is 3. The van der Waals surface area contributed by atoms with E-state index in [1.54, 1.807) is 0 Å². The van der Waals surface area contributed by atoms with Crippen molar-refractivity contribution in [1.29, 1.82) is 0 Å². The summed E-state index contributed by atoms with van der Waals surface area (Å²) < 4.78 is 16.8. The van der Waals surface area contributed by atoms with Crippen molar-refractivity contribution in [3.05, 3.63) is 0 Å². The van der Waals surface area contributed by atoms with E-state index >= 15 is 0 Å². The normalized spacial score (nSPS) is 12.0.